The van der Waals surface area contributed by atoms with Gasteiger partial charge in [0.2, 0.25) is 5.91 Å². The van der Waals surface area contributed by atoms with Gasteiger partial charge in [-0.3, -0.25) is 9.69 Å². The summed E-state index contributed by atoms with van der Waals surface area (Å²) in [4.78, 5) is 26.1. The van der Waals surface area contributed by atoms with E-state index >= 15 is 0 Å². The average molecular weight is 300 g/mol. The molecule has 1 aromatic rings. The Morgan fingerprint density at radius 1 is 1.05 bits per heavy atom. The molecule has 5 heteroatoms. The third-order valence-electron chi connectivity index (χ3n) is 3.53. The van der Waals surface area contributed by atoms with E-state index < -0.39 is 5.97 Å². The van der Waals surface area contributed by atoms with Crippen molar-refractivity contribution >= 4 is 18.0 Å². The molecule has 1 aliphatic heterocycles. The summed E-state index contributed by atoms with van der Waals surface area (Å²) in [5.41, 5.74) is 1.18. The molecule has 0 aromatic heterocycles. The molecule has 0 atom stereocenters. The Kier molecular flexibility index (Phi) is 5.91. The van der Waals surface area contributed by atoms with Crippen LogP contribution >= 0.6 is 0 Å². The highest BCUT2D eigenvalue weighted by Crippen LogP contribution is 2.05. The SMILES string of the molecule is O=C(O)C=CC(=O)N1CCN(CC=Cc2ccccc2)CC1. The molecule has 1 fully saturated rings. The van der Waals surface area contributed by atoms with Gasteiger partial charge in [0.15, 0.2) is 0 Å². The fraction of sp³-hybridized carbons (Fsp3) is 0.294. The average Bonchev–Trinajstić information content (AvgIpc) is 2.54. The molecule has 5 nitrogen and oxygen atoms in total. The molecule has 1 aliphatic rings. The van der Waals surface area contributed by atoms with Gasteiger partial charge in [0, 0.05) is 44.9 Å². The number of carboxylic acid groups (broad SMARTS) is 1. The number of amides is 1. The van der Waals surface area contributed by atoms with Crippen molar-refractivity contribution < 1.29 is 14.7 Å². The highest BCUT2D eigenvalue weighted by molar-refractivity contribution is 5.93. The second-order valence-electron chi connectivity index (χ2n) is 5.11. The third kappa shape index (κ3) is 5.18. The van der Waals surface area contributed by atoms with Gasteiger partial charge in [-0.05, 0) is 5.56 Å². The molecule has 1 saturated heterocycles. The number of benzene rings is 1. The number of carbonyl (C=O) groups is 2. The molecule has 116 valence electrons. The lowest BCUT2D eigenvalue weighted by molar-refractivity contribution is -0.132. The Bertz CT molecular complexity index is 559. The lowest BCUT2D eigenvalue weighted by Crippen LogP contribution is -2.48. The van der Waals surface area contributed by atoms with Gasteiger partial charge in [0.05, 0.1) is 0 Å². The maximum Gasteiger partial charge on any atom is 0.328 e. The van der Waals surface area contributed by atoms with E-state index in [2.05, 4.69) is 29.2 Å². The predicted molar refractivity (Wildman–Crippen MR) is 85.3 cm³/mol. The summed E-state index contributed by atoms with van der Waals surface area (Å²) in [5.74, 6) is -1.33. The molecule has 2 rings (SSSR count). The number of carbonyl (C=O) groups excluding carboxylic acids is 1. The number of nitrogens with zero attached hydrogens (tertiary/aromatic N) is 2. The molecular formula is C17H20N2O3. The monoisotopic (exact) mass is 300 g/mol. The van der Waals surface area contributed by atoms with Crippen molar-refractivity contribution in [2.45, 2.75) is 0 Å². The zero-order valence-electron chi connectivity index (χ0n) is 12.4. The highest BCUT2D eigenvalue weighted by Gasteiger charge is 2.18. The third-order valence-corrected chi connectivity index (χ3v) is 3.53. The van der Waals surface area contributed by atoms with E-state index in [4.69, 9.17) is 5.11 Å². The fourth-order valence-electron chi connectivity index (χ4n) is 2.30. The first kappa shape index (κ1) is 16.0. The summed E-state index contributed by atoms with van der Waals surface area (Å²) in [6.45, 7) is 3.70. The quantitative estimate of drug-likeness (QED) is 0.837. The first-order chi connectivity index (χ1) is 10.6. The molecule has 1 N–H and O–H groups in total. The van der Waals surface area contributed by atoms with Crippen LogP contribution in [0.1, 0.15) is 5.56 Å². The zero-order valence-corrected chi connectivity index (χ0v) is 12.4. The van der Waals surface area contributed by atoms with E-state index in [9.17, 15) is 9.59 Å². The Hall–Kier alpha value is -2.40. The fourth-order valence-corrected chi connectivity index (χ4v) is 2.30. The number of rotatable bonds is 5. The molecule has 1 aromatic carbocycles. The smallest absolute Gasteiger partial charge is 0.328 e. The maximum absolute atomic E-state index is 11.8. The van der Waals surface area contributed by atoms with Gasteiger partial charge in [-0.25, -0.2) is 4.79 Å². The minimum atomic E-state index is -1.10. The first-order valence-corrected chi connectivity index (χ1v) is 7.29. The zero-order chi connectivity index (χ0) is 15.8. The Balaban J connectivity index is 1.74. The van der Waals surface area contributed by atoms with Crippen LogP contribution in [0.3, 0.4) is 0 Å². The standard InChI is InChI=1S/C17H20N2O3/c20-16(8-9-17(21)22)19-13-11-18(12-14-19)10-4-7-15-5-2-1-3-6-15/h1-9H,10-14H2,(H,21,22). The van der Waals surface area contributed by atoms with Crippen LogP contribution in [0.25, 0.3) is 6.08 Å². The number of aliphatic carboxylic acids is 1. The van der Waals surface area contributed by atoms with Gasteiger partial charge < -0.3 is 10.0 Å². The highest BCUT2D eigenvalue weighted by atomic mass is 16.4. The van der Waals surface area contributed by atoms with Crippen LogP contribution < -0.4 is 0 Å². The van der Waals surface area contributed by atoms with Crippen molar-refractivity contribution in [3.8, 4) is 0 Å². The van der Waals surface area contributed by atoms with Crippen molar-refractivity contribution in [3.63, 3.8) is 0 Å². The predicted octanol–water partition coefficient (Wildman–Crippen LogP) is 1.48. The molecule has 0 bridgehead atoms. The number of hydrogen-bond acceptors (Lipinski definition) is 3. The molecule has 1 amide bonds. The molecule has 0 aliphatic carbocycles. The van der Waals surface area contributed by atoms with Crippen LogP contribution in [-0.2, 0) is 9.59 Å². The lowest BCUT2D eigenvalue weighted by Gasteiger charge is -2.33. The van der Waals surface area contributed by atoms with Gasteiger partial charge in [0.1, 0.15) is 0 Å². The lowest BCUT2D eigenvalue weighted by atomic mass is 10.2. The van der Waals surface area contributed by atoms with Gasteiger partial charge in [-0.15, -0.1) is 0 Å². The van der Waals surface area contributed by atoms with E-state index in [1.54, 1.807) is 4.90 Å². The first-order valence-electron chi connectivity index (χ1n) is 7.29. The number of piperazine rings is 1. The van der Waals surface area contributed by atoms with Crippen molar-refractivity contribution in [1.29, 1.82) is 0 Å². The summed E-state index contributed by atoms with van der Waals surface area (Å²) >= 11 is 0. The minimum Gasteiger partial charge on any atom is -0.478 e. The largest absolute Gasteiger partial charge is 0.478 e. The van der Waals surface area contributed by atoms with Crippen LogP contribution in [0.5, 0.6) is 0 Å². The van der Waals surface area contributed by atoms with E-state index in [1.165, 1.54) is 5.56 Å². The van der Waals surface area contributed by atoms with Gasteiger partial charge in [-0.1, -0.05) is 42.5 Å². The van der Waals surface area contributed by atoms with Crippen LogP contribution in [-0.4, -0.2) is 59.5 Å². The van der Waals surface area contributed by atoms with Crippen molar-refractivity contribution in [3.05, 3.63) is 54.1 Å². The second-order valence-corrected chi connectivity index (χ2v) is 5.11. The van der Waals surface area contributed by atoms with Crippen molar-refractivity contribution in [2.24, 2.45) is 0 Å². The van der Waals surface area contributed by atoms with E-state index in [0.29, 0.717) is 13.1 Å². The van der Waals surface area contributed by atoms with Crippen LogP contribution in [0.2, 0.25) is 0 Å². The molecule has 1 heterocycles. The van der Waals surface area contributed by atoms with Gasteiger partial charge in [-0.2, -0.15) is 0 Å². The molecule has 0 saturated carbocycles. The van der Waals surface area contributed by atoms with Crippen LogP contribution in [0.15, 0.2) is 48.6 Å². The molecule has 0 unspecified atom stereocenters. The van der Waals surface area contributed by atoms with Crippen molar-refractivity contribution in [1.82, 2.24) is 9.80 Å². The number of carboxylic acids is 1. The van der Waals surface area contributed by atoms with E-state index in [0.717, 1.165) is 31.8 Å². The number of hydrogen-bond donors (Lipinski definition) is 1. The topological polar surface area (TPSA) is 60.9 Å². The summed E-state index contributed by atoms with van der Waals surface area (Å²) in [6, 6.07) is 10.1. The van der Waals surface area contributed by atoms with Gasteiger partial charge in [0.25, 0.3) is 0 Å². The molecule has 0 spiro atoms. The molecular weight excluding hydrogens is 280 g/mol. The molecule has 0 radical (unpaired) electrons. The summed E-state index contributed by atoms with van der Waals surface area (Å²) in [6.07, 6.45) is 6.22. The van der Waals surface area contributed by atoms with E-state index in [1.807, 2.05) is 18.2 Å². The van der Waals surface area contributed by atoms with Gasteiger partial charge >= 0.3 is 5.97 Å². The maximum atomic E-state index is 11.8. The van der Waals surface area contributed by atoms with Crippen LogP contribution in [0, 0.1) is 0 Å². The summed E-state index contributed by atoms with van der Waals surface area (Å²) in [5, 5.41) is 8.52. The van der Waals surface area contributed by atoms with E-state index in [-0.39, 0.29) is 5.91 Å². The normalized spacial score (nSPS) is 16.5. The molecule has 22 heavy (non-hydrogen) atoms. The minimum absolute atomic E-state index is 0.234. The van der Waals surface area contributed by atoms with Crippen molar-refractivity contribution in [2.75, 3.05) is 32.7 Å². The summed E-state index contributed by atoms with van der Waals surface area (Å²) in [7, 11) is 0. The Labute approximate surface area is 130 Å². The summed E-state index contributed by atoms with van der Waals surface area (Å²) < 4.78 is 0. The second kappa shape index (κ2) is 8.14. The Morgan fingerprint density at radius 3 is 2.36 bits per heavy atom. The van der Waals surface area contributed by atoms with Crippen LogP contribution in [0.4, 0.5) is 0 Å². The Morgan fingerprint density at radius 2 is 1.73 bits per heavy atom.